The highest BCUT2D eigenvalue weighted by molar-refractivity contribution is 5.92. The van der Waals surface area contributed by atoms with Gasteiger partial charge >= 0.3 is 11.9 Å². The van der Waals surface area contributed by atoms with Crippen molar-refractivity contribution in [3.63, 3.8) is 0 Å². The lowest BCUT2D eigenvalue weighted by molar-refractivity contribution is 0.0690. The van der Waals surface area contributed by atoms with E-state index in [2.05, 4.69) is 43.1 Å². The molecule has 0 saturated carbocycles. The van der Waals surface area contributed by atoms with E-state index in [1.807, 2.05) is 36.4 Å². The first-order valence-corrected chi connectivity index (χ1v) is 10.3. The van der Waals surface area contributed by atoms with E-state index in [-0.39, 0.29) is 23.3 Å². The molecule has 2 atom stereocenters. The normalized spacial score (nSPS) is 11.6. The zero-order chi connectivity index (χ0) is 23.9. The molecule has 0 fully saturated rings. The van der Waals surface area contributed by atoms with E-state index in [1.165, 1.54) is 17.2 Å². The van der Waals surface area contributed by atoms with Crippen molar-refractivity contribution in [2.75, 3.05) is 0 Å². The summed E-state index contributed by atoms with van der Waals surface area (Å²) < 4.78 is 0. The molecule has 0 bridgehead atoms. The number of carboxylic acid groups (broad SMARTS) is 2. The number of benzene rings is 2. The van der Waals surface area contributed by atoms with Gasteiger partial charge < -0.3 is 21.7 Å². The zero-order valence-corrected chi connectivity index (χ0v) is 18.4. The van der Waals surface area contributed by atoms with Crippen molar-refractivity contribution in [1.29, 1.82) is 0 Å². The molecule has 0 radical (unpaired) electrons. The molecule has 0 aliphatic rings. The first-order chi connectivity index (χ1) is 15.3. The Morgan fingerprint density at radius 2 is 1.22 bits per heavy atom. The smallest absolute Gasteiger partial charge is 0.354 e. The second-order valence-electron chi connectivity index (χ2n) is 6.89. The summed E-state index contributed by atoms with van der Waals surface area (Å²) in [5.74, 6) is -2.40. The average molecular weight is 438 g/mol. The highest BCUT2D eigenvalue weighted by Gasteiger charge is 2.08. The van der Waals surface area contributed by atoms with Crippen LogP contribution in [0.5, 0.6) is 0 Å². The summed E-state index contributed by atoms with van der Waals surface area (Å²) in [4.78, 5) is 24.1. The van der Waals surface area contributed by atoms with Crippen LogP contribution in [0.15, 0.2) is 79.0 Å². The van der Waals surface area contributed by atoms with Crippen LogP contribution in [-0.2, 0) is 0 Å². The highest BCUT2D eigenvalue weighted by Crippen LogP contribution is 2.12. The molecular formula is C25H31N3O4. The van der Waals surface area contributed by atoms with Gasteiger partial charge in [-0.05, 0) is 36.1 Å². The second kappa shape index (κ2) is 14.5. The summed E-state index contributed by atoms with van der Waals surface area (Å²) in [6.45, 7) is 4.19. The quantitative estimate of drug-likeness (QED) is 0.439. The molecule has 32 heavy (non-hydrogen) atoms. The summed E-state index contributed by atoms with van der Waals surface area (Å²) in [6.07, 6.45) is 3.15. The van der Waals surface area contributed by atoms with E-state index in [1.54, 1.807) is 0 Å². The van der Waals surface area contributed by atoms with Gasteiger partial charge in [-0.25, -0.2) is 14.6 Å². The van der Waals surface area contributed by atoms with Gasteiger partial charge in [-0.2, -0.15) is 0 Å². The van der Waals surface area contributed by atoms with Crippen LogP contribution in [0.2, 0.25) is 0 Å². The molecule has 7 heteroatoms. The number of nitrogens with two attached hydrogens (primary N) is 2. The molecule has 1 aromatic heterocycles. The molecule has 0 aliphatic carbocycles. The lowest BCUT2D eigenvalue weighted by Crippen LogP contribution is -2.07. The molecule has 0 spiro atoms. The summed E-state index contributed by atoms with van der Waals surface area (Å²) in [5, 5.41) is 16.9. The van der Waals surface area contributed by atoms with Crippen LogP contribution in [0.4, 0.5) is 0 Å². The number of aromatic carboxylic acids is 2. The van der Waals surface area contributed by atoms with Crippen molar-refractivity contribution in [3.05, 3.63) is 101 Å². The van der Waals surface area contributed by atoms with Gasteiger partial charge in [-0.3, -0.25) is 0 Å². The first kappa shape index (κ1) is 26.5. The molecule has 1 heterocycles. The third-order valence-corrected chi connectivity index (χ3v) is 4.56. The molecule has 170 valence electrons. The highest BCUT2D eigenvalue weighted by atomic mass is 16.4. The van der Waals surface area contributed by atoms with Gasteiger partial charge in [-0.1, -0.05) is 74.5 Å². The molecule has 2 aromatic carbocycles. The SMILES string of the molecule is CCC(N)c1ccccc1.CCC(N)c1ccccc1.O=C(O)c1ccnc(C(=O)O)c1. The maximum absolute atomic E-state index is 10.4. The fraction of sp³-hybridized carbons (Fsp3) is 0.240. The Kier molecular flexibility index (Phi) is 12.0. The van der Waals surface area contributed by atoms with Gasteiger partial charge in [0, 0.05) is 18.3 Å². The number of rotatable bonds is 6. The molecular weight excluding hydrogens is 406 g/mol. The third-order valence-electron chi connectivity index (χ3n) is 4.56. The number of carboxylic acids is 2. The Hall–Kier alpha value is -3.55. The predicted molar refractivity (Wildman–Crippen MR) is 125 cm³/mol. The maximum Gasteiger partial charge on any atom is 0.354 e. The molecule has 3 rings (SSSR count). The summed E-state index contributed by atoms with van der Waals surface area (Å²) in [5.41, 5.74) is 13.7. The van der Waals surface area contributed by atoms with Gasteiger partial charge in [-0.15, -0.1) is 0 Å². The molecule has 7 nitrogen and oxygen atoms in total. The summed E-state index contributed by atoms with van der Waals surface area (Å²) >= 11 is 0. The fourth-order valence-electron chi connectivity index (χ4n) is 2.55. The van der Waals surface area contributed by atoms with Gasteiger partial charge in [0.1, 0.15) is 5.69 Å². The van der Waals surface area contributed by atoms with Gasteiger partial charge in [0.25, 0.3) is 0 Å². The Bertz CT molecular complexity index is 875. The van der Waals surface area contributed by atoms with E-state index >= 15 is 0 Å². The van der Waals surface area contributed by atoms with E-state index in [9.17, 15) is 9.59 Å². The van der Waals surface area contributed by atoms with Crippen LogP contribution in [0.25, 0.3) is 0 Å². The third kappa shape index (κ3) is 9.51. The minimum Gasteiger partial charge on any atom is -0.478 e. The van der Waals surface area contributed by atoms with Crippen LogP contribution in [0.3, 0.4) is 0 Å². The van der Waals surface area contributed by atoms with Crippen molar-refractivity contribution >= 4 is 11.9 Å². The number of hydrogen-bond acceptors (Lipinski definition) is 5. The van der Waals surface area contributed by atoms with Crippen LogP contribution >= 0.6 is 0 Å². The number of nitrogens with zero attached hydrogens (tertiary/aromatic N) is 1. The number of hydrogen-bond donors (Lipinski definition) is 4. The molecule has 0 aliphatic heterocycles. The van der Waals surface area contributed by atoms with Crippen LogP contribution in [-0.4, -0.2) is 27.1 Å². The van der Waals surface area contributed by atoms with Crippen molar-refractivity contribution in [2.45, 2.75) is 38.8 Å². The van der Waals surface area contributed by atoms with Crippen molar-refractivity contribution < 1.29 is 19.8 Å². The van der Waals surface area contributed by atoms with Gasteiger partial charge in [0.05, 0.1) is 5.56 Å². The van der Waals surface area contributed by atoms with E-state index in [0.717, 1.165) is 25.1 Å². The van der Waals surface area contributed by atoms with Crippen molar-refractivity contribution in [3.8, 4) is 0 Å². The minimum absolute atomic E-state index is 0.0811. The number of carbonyl (C=O) groups is 2. The molecule has 3 aromatic rings. The van der Waals surface area contributed by atoms with E-state index in [0.29, 0.717) is 0 Å². The average Bonchev–Trinajstić information content (AvgIpc) is 2.85. The lowest BCUT2D eigenvalue weighted by Gasteiger charge is -2.07. The molecule has 0 amide bonds. The second-order valence-corrected chi connectivity index (χ2v) is 6.89. The predicted octanol–water partition coefficient (Wildman–Crippen LogP) is 4.67. The summed E-state index contributed by atoms with van der Waals surface area (Å²) in [6, 6.07) is 23.0. The largest absolute Gasteiger partial charge is 0.478 e. The number of pyridine rings is 1. The monoisotopic (exact) mass is 437 g/mol. The van der Waals surface area contributed by atoms with Crippen LogP contribution < -0.4 is 11.5 Å². The number of aromatic nitrogens is 1. The van der Waals surface area contributed by atoms with E-state index < -0.39 is 11.9 Å². The molecule has 6 N–H and O–H groups in total. The Balaban J connectivity index is 0.000000241. The maximum atomic E-state index is 10.4. The van der Waals surface area contributed by atoms with Gasteiger partial charge in [0.2, 0.25) is 0 Å². The van der Waals surface area contributed by atoms with Gasteiger partial charge in [0.15, 0.2) is 0 Å². The Labute approximate surface area is 188 Å². The molecule has 0 saturated heterocycles. The van der Waals surface area contributed by atoms with Crippen molar-refractivity contribution in [1.82, 2.24) is 4.98 Å². The first-order valence-electron chi connectivity index (χ1n) is 10.3. The minimum atomic E-state index is -1.24. The standard InChI is InChI=1S/2C9H13N.C7H5NO4/c2*1-2-9(10)8-6-4-3-5-7-8;9-6(10)4-1-2-8-5(3-4)7(11)12/h2*3-7,9H,2,10H2,1H3;1-3H,(H,9,10)(H,11,12). The Morgan fingerprint density at radius 3 is 1.56 bits per heavy atom. The topological polar surface area (TPSA) is 140 Å². The van der Waals surface area contributed by atoms with E-state index in [4.69, 9.17) is 21.7 Å². The fourth-order valence-corrected chi connectivity index (χ4v) is 2.55. The zero-order valence-electron chi connectivity index (χ0n) is 18.4. The lowest BCUT2D eigenvalue weighted by atomic mass is 10.1. The van der Waals surface area contributed by atoms with Crippen molar-refractivity contribution in [2.24, 2.45) is 11.5 Å². The Morgan fingerprint density at radius 1 is 0.781 bits per heavy atom. The summed E-state index contributed by atoms with van der Waals surface area (Å²) in [7, 11) is 0. The van der Waals surface area contributed by atoms with Crippen LogP contribution in [0.1, 0.15) is 70.7 Å². The molecule has 2 unspecified atom stereocenters. The van der Waals surface area contributed by atoms with Crippen LogP contribution in [0, 0.1) is 0 Å².